The average Bonchev–Trinajstić information content (AvgIpc) is 2.93. The zero-order valence-electron chi connectivity index (χ0n) is 11.2. The first-order valence-electron chi connectivity index (χ1n) is 6.02. The molecule has 20 heavy (non-hydrogen) atoms. The molecule has 1 unspecified atom stereocenters. The highest BCUT2D eigenvalue weighted by molar-refractivity contribution is 7.89. The molecule has 0 aliphatic carbocycles. The van der Waals surface area contributed by atoms with Crippen molar-refractivity contribution in [3.8, 4) is 0 Å². The molecule has 0 aliphatic rings. The third-order valence-electron chi connectivity index (χ3n) is 2.70. The van der Waals surface area contributed by atoms with Crippen molar-refractivity contribution in [3.05, 3.63) is 35.7 Å². The van der Waals surface area contributed by atoms with Crippen LogP contribution in [0.4, 0.5) is 0 Å². The van der Waals surface area contributed by atoms with Gasteiger partial charge in [-0.1, -0.05) is 17.3 Å². The molecule has 0 saturated carbocycles. The van der Waals surface area contributed by atoms with Crippen molar-refractivity contribution in [1.29, 1.82) is 0 Å². The number of aromatic nitrogens is 4. The van der Waals surface area contributed by atoms with E-state index in [-0.39, 0.29) is 4.90 Å². The summed E-state index contributed by atoms with van der Waals surface area (Å²) in [5.41, 5.74) is 1.01. The minimum atomic E-state index is -3.61. The van der Waals surface area contributed by atoms with E-state index in [2.05, 4.69) is 30.7 Å². The van der Waals surface area contributed by atoms with Crippen LogP contribution in [-0.2, 0) is 16.6 Å². The number of hydrogen-bond donors (Lipinski definition) is 3. The zero-order chi connectivity index (χ0) is 14.6. The van der Waals surface area contributed by atoms with Crippen LogP contribution >= 0.6 is 0 Å². The third kappa shape index (κ3) is 3.38. The van der Waals surface area contributed by atoms with Crippen molar-refractivity contribution in [2.24, 2.45) is 0 Å². The summed E-state index contributed by atoms with van der Waals surface area (Å²) in [5.74, 6) is 0.292. The Hall–Kier alpha value is -1.84. The van der Waals surface area contributed by atoms with E-state index >= 15 is 0 Å². The van der Waals surface area contributed by atoms with Crippen LogP contribution in [0.5, 0.6) is 0 Å². The van der Waals surface area contributed by atoms with Crippen LogP contribution in [0.3, 0.4) is 0 Å². The molecule has 1 heterocycles. The summed E-state index contributed by atoms with van der Waals surface area (Å²) in [5, 5.41) is 16.2. The Balaban J connectivity index is 2.13. The average molecular weight is 296 g/mol. The Kier molecular flexibility index (Phi) is 4.42. The van der Waals surface area contributed by atoms with Gasteiger partial charge in [-0.2, -0.15) is 5.21 Å². The second-order valence-corrected chi connectivity index (χ2v) is 6.00. The maximum absolute atomic E-state index is 12.2. The number of H-pyrrole nitrogens is 1. The first kappa shape index (κ1) is 14.6. The van der Waals surface area contributed by atoms with E-state index < -0.39 is 16.1 Å². The quantitative estimate of drug-likeness (QED) is 0.689. The lowest BCUT2D eigenvalue weighted by Crippen LogP contribution is -2.27. The SMILES string of the molecule is CNCc1ccc(S(=O)(=O)NC(C)c2nn[nH]n2)cc1. The standard InChI is InChI=1S/C11H16N6O2S/c1-8(11-13-16-17-14-11)15-20(18,19)10-5-3-9(4-6-10)7-12-2/h3-6,8,12,15H,7H2,1-2H3,(H,13,14,16,17). The Morgan fingerprint density at radius 2 is 2.00 bits per heavy atom. The monoisotopic (exact) mass is 296 g/mol. The summed E-state index contributed by atoms with van der Waals surface area (Å²) >= 11 is 0. The number of tetrazole rings is 1. The number of sulfonamides is 1. The smallest absolute Gasteiger partial charge is 0.241 e. The van der Waals surface area contributed by atoms with E-state index in [9.17, 15) is 8.42 Å². The highest BCUT2D eigenvalue weighted by Crippen LogP contribution is 2.14. The first-order valence-corrected chi connectivity index (χ1v) is 7.50. The molecule has 0 fully saturated rings. The lowest BCUT2D eigenvalue weighted by Gasteiger charge is -2.11. The fraction of sp³-hybridized carbons (Fsp3) is 0.364. The van der Waals surface area contributed by atoms with Crippen LogP contribution in [0, 0.1) is 0 Å². The largest absolute Gasteiger partial charge is 0.316 e. The molecule has 1 atom stereocenters. The summed E-state index contributed by atoms with van der Waals surface area (Å²) < 4.78 is 26.9. The van der Waals surface area contributed by atoms with Crippen LogP contribution in [0.2, 0.25) is 0 Å². The molecule has 9 heteroatoms. The van der Waals surface area contributed by atoms with Crippen molar-refractivity contribution in [3.63, 3.8) is 0 Å². The molecule has 0 bridgehead atoms. The predicted molar refractivity (Wildman–Crippen MR) is 72.1 cm³/mol. The van der Waals surface area contributed by atoms with Gasteiger partial charge in [0.25, 0.3) is 0 Å². The van der Waals surface area contributed by atoms with Crippen molar-refractivity contribution in [2.45, 2.75) is 24.4 Å². The Bertz CT molecular complexity index is 638. The summed E-state index contributed by atoms with van der Waals surface area (Å²) in [7, 11) is -1.78. The summed E-state index contributed by atoms with van der Waals surface area (Å²) in [6, 6.07) is 6.11. The maximum Gasteiger partial charge on any atom is 0.241 e. The minimum Gasteiger partial charge on any atom is -0.316 e. The number of nitrogens with zero attached hydrogens (tertiary/aromatic N) is 3. The van der Waals surface area contributed by atoms with Gasteiger partial charge in [0.05, 0.1) is 10.9 Å². The number of rotatable bonds is 6. The van der Waals surface area contributed by atoms with Gasteiger partial charge < -0.3 is 5.32 Å². The van der Waals surface area contributed by atoms with Gasteiger partial charge in [-0.3, -0.25) is 0 Å². The minimum absolute atomic E-state index is 0.202. The van der Waals surface area contributed by atoms with Crippen molar-refractivity contribution < 1.29 is 8.42 Å². The van der Waals surface area contributed by atoms with Gasteiger partial charge in [0.2, 0.25) is 10.0 Å². The zero-order valence-corrected chi connectivity index (χ0v) is 12.0. The van der Waals surface area contributed by atoms with E-state index in [1.165, 1.54) is 0 Å². The molecule has 0 saturated heterocycles. The molecule has 0 spiro atoms. The lowest BCUT2D eigenvalue weighted by molar-refractivity contribution is 0.560. The van der Waals surface area contributed by atoms with Gasteiger partial charge >= 0.3 is 0 Å². The van der Waals surface area contributed by atoms with Gasteiger partial charge in [0.15, 0.2) is 5.82 Å². The molecule has 1 aromatic carbocycles. The Morgan fingerprint density at radius 1 is 1.30 bits per heavy atom. The van der Waals surface area contributed by atoms with Gasteiger partial charge in [-0.05, 0) is 31.7 Å². The van der Waals surface area contributed by atoms with E-state index in [4.69, 9.17) is 0 Å². The number of benzene rings is 1. The predicted octanol–water partition coefficient (Wildman–Crippen LogP) is -0.0414. The molecule has 3 N–H and O–H groups in total. The molecule has 108 valence electrons. The molecule has 2 rings (SSSR count). The Morgan fingerprint density at radius 3 is 2.55 bits per heavy atom. The van der Waals surface area contributed by atoms with Gasteiger partial charge in [0.1, 0.15) is 0 Å². The van der Waals surface area contributed by atoms with Crippen molar-refractivity contribution in [2.75, 3.05) is 7.05 Å². The lowest BCUT2D eigenvalue weighted by atomic mass is 10.2. The normalized spacial score (nSPS) is 13.3. The second-order valence-electron chi connectivity index (χ2n) is 4.29. The maximum atomic E-state index is 12.2. The highest BCUT2D eigenvalue weighted by Gasteiger charge is 2.20. The number of hydrogen-bond acceptors (Lipinski definition) is 6. The molecule has 0 aliphatic heterocycles. The third-order valence-corrected chi connectivity index (χ3v) is 4.25. The van der Waals surface area contributed by atoms with E-state index in [1.54, 1.807) is 31.2 Å². The topological polar surface area (TPSA) is 113 Å². The van der Waals surface area contributed by atoms with Crippen LogP contribution < -0.4 is 10.0 Å². The highest BCUT2D eigenvalue weighted by atomic mass is 32.2. The van der Waals surface area contributed by atoms with Gasteiger partial charge in [0, 0.05) is 6.54 Å². The fourth-order valence-electron chi connectivity index (χ4n) is 1.70. The molecule has 2 aromatic rings. The van der Waals surface area contributed by atoms with Crippen LogP contribution in [0.15, 0.2) is 29.2 Å². The fourth-order valence-corrected chi connectivity index (χ4v) is 2.90. The van der Waals surface area contributed by atoms with E-state index in [1.807, 2.05) is 7.05 Å². The van der Waals surface area contributed by atoms with Gasteiger partial charge in [-0.25, -0.2) is 13.1 Å². The molecule has 8 nitrogen and oxygen atoms in total. The van der Waals surface area contributed by atoms with Crippen molar-refractivity contribution >= 4 is 10.0 Å². The molecule has 0 amide bonds. The van der Waals surface area contributed by atoms with E-state index in [0.29, 0.717) is 12.4 Å². The van der Waals surface area contributed by atoms with E-state index in [0.717, 1.165) is 5.56 Å². The number of aromatic amines is 1. The number of nitrogens with one attached hydrogen (secondary N) is 3. The first-order chi connectivity index (χ1) is 9.53. The molecular weight excluding hydrogens is 280 g/mol. The van der Waals surface area contributed by atoms with Crippen LogP contribution in [0.1, 0.15) is 24.4 Å². The molecule has 0 radical (unpaired) electrons. The Labute approximate surface area is 117 Å². The van der Waals surface area contributed by atoms with Crippen LogP contribution in [0.25, 0.3) is 0 Å². The second kappa shape index (κ2) is 6.07. The summed E-state index contributed by atoms with van der Waals surface area (Å²) in [6.07, 6.45) is 0. The molecule has 1 aromatic heterocycles. The molecular formula is C11H16N6O2S. The summed E-state index contributed by atoms with van der Waals surface area (Å²) in [6.45, 7) is 2.34. The van der Waals surface area contributed by atoms with Gasteiger partial charge in [-0.15, -0.1) is 10.2 Å². The van der Waals surface area contributed by atoms with Crippen LogP contribution in [-0.4, -0.2) is 36.1 Å². The summed E-state index contributed by atoms with van der Waals surface area (Å²) in [4.78, 5) is 0.202. The van der Waals surface area contributed by atoms with Crippen molar-refractivity contribution in [1.82, 2.24) is 30.7 Å².